The zero-order chi connectivity index (χ0) is 19.5. The number of methoxy groups -OCH3 is 1. The van der Waals surface area contributed by atoms with Crippen LogP contribution in [0.15, 0.2) is 54.1 Å². The van der Waals surface area contributed by atoms with E-state index in [4.69, 9.17) is 9.47 Å². The summed E-state index contributed by atoms with van der Waals surface area (Å²) in [5, 5.41) is 12.1. The third kappa shape index (κ3) is 6.19. The fourth-order valence-electron chi connectivity index (χ4n) is 2.60. The molecule has 0 fully saturated rings. The molecule has 0 atom stereocenters. The van der Waals surface area contributed by atoms with E-state index in [1.807, 2.05) is 31.2 Å². The Morgan fingerprint density at radius 1 is 1.19 bits per heavy atom. The zero-order valence-corrected chi connectivity index (χ0v) is 15.7. The lowest BCUT2D eigenvalue weighted by atomic mass is 10.1. The SMILES string of the molecule is CCOc1ccc(/C=C(/C#N)C(=O)NCCCc2ccccc2)cc1OC. The second-order valence-corrected chi connectivity index (χ2v) is 5.86. The molecule has 27 heavy (non-hydrogen) atoms. The van der Waals surface area contributed by atoms with Gasteiger partial charge in [0.1, 0.15) is 11.6 Å². The van der Waals surface area contributed by atoms with Gasteiger partial charge in [-0.15, -0.1) is 0 Å². The molecule has 2 aromatic carbocycles. The standard InChI is InChI=1S/C22H24N2O3/c1-3-27-20-12-11-18(15-21(20)26-2)14-19(16-23)22(25)24-13-7-10-17-8-5-4-6-9-17/h4-6,8-9,11-12,14-15H,3,7,10,13H2,1-2H3,(H,24,25)/b19-14-. The second kappa shape index (κ2) is 10.7. The Hall–Kier alpha value is -3.26. The van der Waals surface area contributed by atoms with Crippen LogP contribution in [-0.4, -0.2) is 26.2 Å². The summed E-state index contributed by atoms with van der Waals surface area (Å²) in [5.41, 5.74) is 1.98. The molecule has 0 aliphatic rings. The molecule has 2 aromatic rings. The number of amides is 1. The van der Waals surface area contributed by atoms with Gasteiger partial charge in [-0.25, -0.2) is 0 Å². The van der Waals surface area contributed by atoms with Gasteiger partial charge in [-0.05, 0) is 49.1 Å². The first-order chi connectivity index (χ1) is 13.2. The molecule has 2 rings (SSSR count). The predicted molar refractivity (Wildman–Crippen MR) is 106 cm³/mol. The molecule has 1 amide bonds. The smallest absolute Gasteiger partial charge is 0.261 e. The lowest BCUT2D eigenvalue weighted by molar-refractivity contribution is -0.117. The third-order valence-electron chi connectivity index (χ3n) is 3.93. The van der Waals surface area contributed by atoms with Crippen LogP contribution < -0.4 is 14.8 Å². The minimum Gasteiger partial charge on any atom is -0.493 e. The third-order valence-corrected chi connectivity index (χ3v) is 3.93. The number of ether oxygens (including phenoxy) is 2. The molecule has 0 bridgehead atoms. The molecule has 0 aromatic heterocycles. The number of rotatable bonds is 9. The molecule has 5 heteroatoms. The minimum atomic E-state index is -0.376. The first-order valence-electron chi connectivity index (χ1n) is 8.92. The molecule has 0 heterocycles. The summed E-state index contributed by atoms with van der Waals surface area (Å²) in [6, 6.07) is 17.3. The average molecular weight is 364 g/mol. The highest BCUT2D eigenvalue weighted by atomic mass is 16.5. The molecule has 0 radical (unpaired) electrons. The molecule has 0 spiro atoms. The van der Waals surface area contributed by atoms with Gasteiger partial charge in [0.15, 0.2) is 11.5 Å². The maximum absolute atomic E-state index is 12.3. The van der Waals surface area contributed by atoms with Crippen LogP contribution in [0.2, 0.25) is 0 Å². The number of benzene rings is 2. The highest BCUT2D eigenvalue weighted by Gasteiger charge is 2.10. The fraction of sp³-hybridized carbons (Fsp3) is 0.273. The maximum Gasteiger partial charge on any atom is 0.261 e. The van der Waals surface area contributed by atoms with Crippen LogP contribution in [0.5, 0.6) is 11.5 Å². The van der Waals surface area contributed by atoms with Gasteiger partial charge >= 0.3 is 0 Å². The number of carbonyl (C=O) groups excluding carboxylic acids is 1. The predicted octanol–water partition coefficient (Wildman–Crippen LogP) is 3.75. The minimum absolute atomic E-state index is 0.0564. The van der Waals surface area contributed by atoms with E-state index < -0.39 is 0 Å². The molecule has 140 valence electrons. The molecule has 5 nitrogen and oxygen atoms in total. The molecular formula is C22H24N2O3. The van der Waals surface area contributed by atoms with E-state index in [0.29, 0.717) is 30.2 Å². The van der Waals surface area contributed by atoms with Crippen molar-refractivity contribution in [3.8, 4) is 17.6 Å². The fourth-order valence-corrected chi connectivity index (χ4v) is 2.60. The Bertz CT molecular complexity index is 823. The lowest BCUT2D eigenvalue weighted by Gasteiger charge is -2.10. The van der Waals surface area contributed by atoms with Gasteiger partial charge in [0.05, 0.1) is 13.7 Å². The van der Waals surface area contributed by atoms with Crippen LogP contribution in [-0.2, 0) is 11.2 Å². The summed E-state index contributed by atoms with van der Waals surface area (Å²) < 4.78 is 10.8. The van der Waals surface area contributed by atoms with E-state index >= 15 is 0 Å². The van der Waals surface area contributed by atoms with Crippen LogP contribution >= 0.6 is 0 Å². The van der Waals surface area contributed by atoms with Crippen molar-refractivity contribution in [2.45, 2.75) is 19.8 Å². The van der Waals surface area contributed by atoms with E-state index in [-0.39, 0.29) is 11.5 Å². The van der Waals surface area contributed by atoms with E-state index in [1.54, 1.807) is 31.4 Å². The lowest BCUT2D eigenvalue weighted by Crippen LogP contribution is -2.25. The van der Waals surface area contributed by atoms with Gasteiger partial charge in [0.25, 0.3) is 5.91 Å². The second-order valence-electron chi connectivity index (χ2n) is 5.86. The molecule has 0 aliphatic heterocycles. The molecule has 0 aliphatic carbocycles. The summed E-state index contributed by atoms with van der Waals surface area (Å²) in [6.45, 7) is 2.93. The maximum atomic E-state index is 12.3. The van der Waals surface area contributed by atoms with Crippen molar-refractivity contribution in [3.63, 3.8) is 0 Å². The van der Waals surface area contributed by atoms with Crippen LogP contribution in [0, 0.1) is 11.3 Å². The number of nitriles is 1. The monoisotopic (exact) mass is 364 g/mol. The van der Waals surface area contributed by atoms with Gasteiger partial charge < -0.3 is 14.8 Å². The number of carbonyl (C=O) groups is 1. The van der Waals surface area contributed by atoms with E-state index in [9.17, 15) is 10.1 Å². The molecule has 1 N–H and O–H groups in total. The van der Waals surface area contributed by atoms with Crippen molar-refractivity contribution < 1.29 is 14.3 Å². The molecule has 0 saturated heterocycles. The Balaban J connectivity index is 1.96. The number of aryl methyl sites for hydroxylation is 1. The summed E-state index contributed by atoms with van der Waals surface area (Å²) in [5.74, 6) is 0.811. The summed E-state index contributed by atoms with van der Waals surface area (Å²) in [6.07, 6.45) is 3.24. The molecular weight excluding hydrogens is 340 g/mol. The van der Waals surface area contributed by atoms with E-state index in [2.05, 4.69) is 17.4 Å². The Morgan fingerprint density at radius 3 is 2.63 bits per heavy atom. The Kier molecular flexibility index (Phi) is 7.92. The number of hydrogen-bond donors (Lipinski definition) is 1. The van der Waals surface area contributed by atoms with Crippen molar-refractivity contribution in [2.75, 3.05) is 20.3 Å². The largest absolute Gasteiger partial charge is 0.493 e. The molecule has 0 unspecified atom stereocenters. The first kappa shape index (κ1) is 20.1. The van der Waals surface area contributed by atoms with Crippen LogP contribution in [0.3, 0.4) is 0 Å². The Labute approximate surface area is 160 Å². The number of hydrogen-bond acceptors (Lipinski definition) is 4. The molecule has 0 saturated carbocycles. The van der Waals surface area contributed by atoms with Crippen molar-refractivity contribution in [3.05, 3.63) is 65.2 Å². The topological polar surface area (TPSA) is 71.3 Å². The number of nitrogens with zero attached hydrogens (tertiary/aromatic N) is 1. The summed E-state index contributed by atoms with van der Waals surface area (Å²) in [7, 11) is 1.55. The van der Waals surface area contributed by atoms with E-state index in [1.165, 1.54) is 5.56 Å². The summed E-state index contributed by atoms with van der Waals surface area (Å²) >= 11 is 0. The average Bonchev–Trinajstić information content (AvgIpc) is 2.71. The number of nitrogens with one attached hydrogen (secondary N) is 1. The quantitative estimate of drug-likeness (QED) is 0.418. The van der Waals surface area contributed by atoms with Gasteiger partial charge in [-0.3, -0.25) is 4.79 Å². The van der Waals surface area contributed by atoms with Crippen molar-refractivity contribution in [2.24, 2.45) is 0 Å². The van der Waals surface area contributed by atoms with Gasteiger partial charge in [-0.2, -0.15) is 5.26 Å². The van der Waals surface area contributed by atoms with Crippen molar-refractivity contribution >= 4 is 12.0 Å². The highest BCUT2D eigenvalue weighted by molar-refractivity contribution is 6.01. The van der Waals surface area contributed by atoms with Crippen molar-refractivity contribution in [1.29, 1.82) is 5.26 Å². The van der Waals surface area contributed by atoms with Crippen LogP contribution in [0.4, 0.5) is 0 Å². The zero-order valence-electron chi connectivity index (χ0n) is 15.7. The first-order valence-corrected chi connectivity index (χ1v) is 8.92. The van der Waals surface area contributed by atoms with Crippen LogP contribution in [0.1, 0.15) is 24.5 Å². The van der Waals surface area contributed by atoms with Gasteiger partial charge in [-0.1, -0.05) is 36.4 Å². The van der Waals surface area contributed by atoms with Gasteiger partial charge in [0.2, 0.25) is 0 Å². The highest BCUT2D eigenvalue weighted by Crippen LogP contribution is 2.28. The van der Waals surface area contributed by atoms with Crippen LogP contribution in [0.25, 0.3) is 6.08 Å². The van der Waals surface area contributed by atoms with Crippen molar-refractivity contribution in [1.82, 2.24) is 5.32 Å². The van der Waals surface area contributed by atoms with Gasteiger partial charge in [0, 0.05) is 6.54 Å². The van der Waals surface area contributed by atoms with E-state index in [0.717, 1.165) is 12.8 Å². The normalized spacial score (nSPS) is 10.8. The Morgan fingerprint density at radius 2 is 1.96 bits per heavy atom. The summed E-state index contributed by atoms with van der Waals surface area (Å²) in [4.78, 5) is 12.3.